The number of carbonyl (C=O) groups excluding carboxylic acids is 1. The van der Waals surface area contributed by atoms with Crippen molar-refractivity contribution >= 4 is 11.9 Å². The van der Waals surface area contributed by atoms with Crippen molar-refractivity contribution in [3.8, 4) is 5.69 Å². The number of benzene rings is 1. The summed E-state index contributed by atoms with van der Waals surface area (Å²) in [5, 5.41) is 39.1. The van der Waals surface area contributed by atoms with Gasteiger partial charge in [-0.05, 0) is 91.5 Å². The number of fused-ring (bicyclic) bond motifs is 8. The number of aliphatic hydroxyl groups excluding tert-OH is 3. The number of ketones is 1. The first-order chi connectivity index (χ1) is 21.6. The zero-order chi connectivity index (χ0) is 31.7. The van der Waals surface area contributed by atoms with Crippen molar-refractivity contribution in [3.63, 3.8) is 0 Å². The lowest BCUT2D eigenvalue weighted by Gasteiger charge is -2.60. The molecule has 0 unspecified atom stereocenters. The van der Waals surface area contributed by atoms with E-state index < -0.39 is 36.1 Å². The molecule has 4 aliphatic carbocycles. The molecule has 45 heavy (non-hydrogen) atoms. The highest BCUT2D eigenvalue weighted by molar-refractivity contribution is 5.91. The number of ether oxygens (including phenoxy) is 2. The smallest absolute Gasteiger partial charge is 0.193 e. The maximum Gasteiger partial charge on any atom is 0.193 e. The molecule has 4 N–H and O–H groups in total. The van der Waals surface area contributed by atoms with Crippen LogP contribution in [0.1, 0.15) is 76.1 Å². The first-order valence-electron chi connectivity index (χ1n) is 16.6. The van der Waals surface area contributed by atoms with Gasteiger partial charge < -0.3 is 30.1 Å². The molecule has 0 amide bonds. The first-order valence-corrected chi connectivity index (χ1v) is 16.6. The van der Waals surface area contributed by atoms with Crippen LogP contribution in [0.15, 0.2) is 30.0 Å². The number of aliphatic hydroxyl groups is 3. The van der Waals surface area contributed by atoms with Crippen molar-refractivity contribution in [1.29, 1.82) is 0 Å². The molecular formula is C35H46FN3O6. The van der Waals surface area contributed by atoms with Gasteiger partial charge in [0, 0.05) is 24.1 Å². The molecule has 10 heteroatoms. The number of hydrogen-bond donors (Lipinski definition) is 4. The van der Waals surface area contributed by atoms with E-state index in [1.54, 1.807) is 12.1 Å². The topological polar surface area (TPSA) is 126 Å². The van der Waals surface area contributed by atoms with Crippen LogP contribution < -0.4 is 5.32 Å². The van der Waals surface area contributed by atoms with Gasteiger partial charge in [0.1, 0.15) is 12.4 Å². The second kappa shape index (κ2) is 11.3. The minimum atomic E-state index is -1.24. The van der Waals surface area contributed by atoms with Crippen molar-refractivity contribution in [3.05, 3.63) is 52.6 Å². The molecule has 0 bridgehead atoms. The van der Waals surface area contributed by atoms with Crippen molar-refractivity contribution in [2.45, 2.75) is 96.4 Å². The molecule has 5 aliphatic rings. The number of Topliss-reactive ketones (excluding diaryl/α,β-unsaturated/α-hetero) is 1. The molecule has 1 saturated heterocycles. The quantitative estimate of drug-likeness (QED) is 0.312. The van der Waals surface area contributed by atoms with Crippen LogP contribution >= 0.6 is 0 Å². The lowest BCUT2D eigenvalue weighted by atomic mass is 9.45. The van der Waals surface area contributed by atoms with Gasteiger partial charge in [0.15, 0.2) is 17.7 Å². The fourth-order valence-corrected chi connectivity index (χ4v) is 10.3. The highest BCUT2D eigenvalue weighted by atomic mass is 19.1. The molecule has 9 atom stereocenters. The van der Waals surface area contributed by atoms with E-state index in [2.05, 4.69) is 32.2 Å². The molecule has 1 aromatic carbocycles. The highest BCUT2D eigenvalue weighted by Gasteiger charge is 2.75. The van der Waals surface area contributed by atoms with Gasteiger partial charge in [-0.1, -0.05) is 32.8 Å². The predicted octanol–water partition coefficient (Wildman–Crippen LogP) is 3.70. The molecule has 7 rings (SSSR count). The van der Waals surface area contributed by atoms with Crippen LogP contribution in [0.25, 0.3) is 11.8 Å². The number of halogens is 1. The summed E-state index contributed by atoms with van der Waals surface area (Å²) in [6.45, 7) is 6.51. The van der Waals surface area contributed by atoms with E-state index in [1.807, 2.05) is 10.9 Å². The van der Waals surface area contributed by atoms with Crippen LogP contribution in [0.5, 0.6) is 0 Å². The van der Waals surface area contributed by atoms with Crippen LogP contribution in [0.3, 0.4) is 0 Å². The molecule has 1 aliphatic heterocycles. The molecule has 2 heterocycles. The van der Waals surface area contributed by atoms with Gasteiger partial charge >= 0.3 is 0 Å². The summed E-state index contributed by atoms with van der Waals surface area (Å²) in [6.07, 6.45) is 7.74. The summed E-state index contributed by atoms with van der Waals surface area (Å²) in [5.74, 6) is -0.341. The maximum absolute atomic E-state index is 14.6. The minimum absolute atomic E-state index is 0.00589. The number of nitrogens with zero attached hydrogens (tertiary/aromatic N) is 2. The Balaban J connectivity index is 1.20. The van der Waals surface area contributed by atoms with Gasteiger partial charge in [0.25, 0.3) is 0 Å². The van der Waals surface area contributed by atoms with E-state index in [0.29, 0.717) is 37.9 Å². The molecule has 1 aromatic heterocycles. The highest BCUT2D eigenvalue weighted by Crippen LogP contribution is 2.70. The number of rotatable bonds is 9. The molecular weight excluding hydrogens is 577 g/mol. The van der Waals surface area contributed by atoms with E-state index in [1.165, 1.54) is 11.6 Å². The fourth-order valence-electron chi connectivity index (χ4n) is 10.3. The second-order valence-electron chi connectivity index (χ2n) is 14.4. The fraction of sp³-hybridized carbons (Fsp3) is 0.657. The summed E-state index contributed by atoms with van der Waals surface area (Å²) >= 11 is 0. The van der Waals surface area contributed by atoms with Crippen molar-refractivity contribution < 1.29 is 34.0 Å². The zero-order valence-electron chi connectivity index (χ0n) is 26.5. The van der Waals surface area contributed by atoms with Crippen LogP contribution in [-0.4, -0.2) is 74.7 Å². The standard InChI is InChI=1S/C35H46FN3O6/c1-4-5-31-44-30-14-25-24-8-6-22-13-27-21(18-38-39(27)23-7-9-26(36)20(12-23)17-37-10-11-40)15-33(22,2)32(24)28(42)16-34(25,3)35(30,45-31)29(43)19-41/h7,9,12-13,18,24-25,28,30-32,37,40-42H,4-6,8,10-11,14-17,19H2,1-3H3/t24-,25-,28-,30+,31+,32+,33-,34-,35+/m0/s1. The van der Waals surface area contributed by atoms with E-state index in [4.69, 9.17) is 19.7 Å². The third-order valence-corrected chi connectivity index (χ3v) is 12.2. The van der Waals surface area contributed by atoms with Crippen LogP contribution in [0, 0.1) is 34.4 Å². The average Bonchev–Trinajstić information content (AvgIpc) is 3.66. The van der Waals surface area contributed by atoms with E-state index >= 15 is 0 Å². The SMILES string of the molecule is CCC[C@@H]1O[C@@H]2C[C@H]3[C@@H]4CCC5=Cc6c(cnn6-c6ccc(F)c(CNCCO)c6)C[C@]5(C)[C@H]4[C@@H](O)C[C@]3(C)[C@]2(C(=O)CO)O1. The molecule has 0 spiro atoms. The predicted molar refractivity (Wildman–Crippen MR) is 165 cm³/mol. The van der Waals surface area contributed by atoms with Gasteiger partial charge in [0.2, 0.25) is 0 Å². The van der Waals surface area contributed by atoms with Gasteiger partial charge in [-0.2, -0.15) is 5.10 Å². The zero-order valence-corrected chi connectivity index (χ0v) is 26.5. The minimum Gasteiger partial charge on any atom is -0.395 e. The van der Waals surface area contributed by atoms with Gasteiger partial charge in [-0.15, -0.1) is 0 Å². The Labute approximate surface area is 263 Å². The van der Waals surface area contributed by atoms with Crippen LogP contribution in [-0.2, 0) is 27.2 Å². The van der Waals surface area contributed by atoms with Crippen molar-refractivity contribution in [1.82, 2.24) is 15.1 Å². The Morgan fingerprint density at radius 3 is 2.84 bits per heavy atom. The third-order valence-electron chi connectivity index (χ3n) is 12.2. The molecule has 2 aromatic rings. The summed E-state index contributed by atoms with van der Waals surface area (Å²) in [4.78, 5) is 13.6. The lowest BCUT2D eigenvalue weighted by molar-refractivity contribution is -0.202. The van der Waals surface area contributed by atoms with E-state index in [0.717, 1.165) is 42.6 Å². The number of carbonyl (C=O) groups is 1. The van der Waals surface area contributed by atoms with Crippen molar-refractivity contribution in [2.24, 2.45) is 28.6 Å². The van der Waals surface area contributed by atoms with E-state index in [9.17, 15) is 19.4 Å². The summed E-state index contributed by atoms with van der Waals surface area (Å²) in [6, 6.07) is 5.00. The lowest BCUT2D eigenvalue weighted by Crippen LogP contribution is -2.64. The van der Waals surface area contributed by atoms with E-state index in [-0.39, 0.29) is 41.4 Å². The van der Waals surface area contributed by atoms with Gasteiger partial charge in [0.05, 0.1) is 36.4 Å². The normalized spacial score (nSPS) is 38.2. The molecule has 244 valence electrons. The number of hydrogen-bond acceptors (Lipinski definition) is 8. The molecule has 3 saturated carbocycles. The Bertz CT molecular complexity index is 1510. The van der Waals surface area contributed by atoms with Gasteiger partial charge in [-0.3, -0.25) is 4.79 Å². The van der Waals surface area contributed by atoms with Gasteiger partial charge in [-0.25, -0.2) is 9.07 Å². The third kappa shape index (κ3) is 4.47. The summed E-state index contributed by atoms with van der Waals surface area (Å²) < 4.78 is 29.4. The molecule has 9 nitrogen and oxygen atoms in total. The van der Waals surface area contributed by atoms with Crippen LogP contribution in [0.2, 0.25) is 0 Å². The second-order valence-corrected chi connectivity index (χ2v) is 14.4. The Kier molecular flexibility index (Phi) is 7.86. The first kappa shape index (κ1) is 31.1. The Morgan fingerprint density at radius 2 is 2.09 bits per heavy atom. The molecule has 0 radical (unpaired) electrons. The maximum atomic E-state index is 14.6. The summed E-state index contributed by atoms with van der Waals surface area (Å²) in [5.41, 5.74) is 2.50. The number of aromatic nitrogens is 2. The molecule has 4 fully saturated rings. The summed E-state index contributed by atoms with van der Waals surface area (Å²) in [7, 11) is 0. The van der Waals surface area contributed by atoms with Crippen molar-refractivity contribution in [2.75, 3.05) is 19.8 Å². The van der Waals surface area contributed by atoms with Crippen LogP contribution in [0.4, 0.5) is 4.39 Å². The number of nitrogens with one attached hydrogen (secondary N) is 1. The average molecular weight is 624 g/mol. The Morgan fingerprint density at radius 1 is 1.27 bits per heavy atom. The number of allylic oxidation sites excluding steroid dienone is 1. The monoisotopic (exact) mass is 623 g/mol. The largest absolute Gasteiger partial charge is 0.395 e. The Hall–Kier alpha value is -2.47.